The van der Waals surface area contributed by atoms with Crippen LogP contribution in [0.4, 0.5) is 5.82 Å². The van der Waals surface area contributed by atoms with E-state index in [4.69, 9.17) is 4.74 Å². The van der Waals surface area contributed by atoms with Crippen molar-refractivity contribution in [3.05, 3.63) is 23.9 Å². The van der Waals surface area contributed by atoms with Crippen LogP contribution in [0.5, 0.6) is 0 Å². The van der Waals surface area contributed by atoms with Gasteiger partial charge < -0.3 is 15.2 Å². The summed E-state index contributed by atoms with van der Waals surface area (Å²) in [5.41, 5.74) is 1.13. The maximum absolute atomic E-state index is 9.67. The van der Waals surface area contributed by atoms with Gasteiger partial charge in [-0.3, -0.25) is 4.90 Å². The van der Waals surface area contributed by atoms with Crippen LogP contribution in [0.2, 0.25) is 0 Å². The van der Waals surface area contributed by atoms with E-state index in [-0.39, 0.29) is 0 Å². The fraction of sp³-hybridized carbons (Fsp3) is 0.615. The number of ether oxygens (including phenoxy) is 1. The zero-order chi connectivity index (χ0) is 13.4. The number of aromatic nitrogens is 1. The summed E-state index contributed by atoms with van der Waals surface area (Å²) in [6.45, 7) is 4.58. The molecular formula is C13H23N3O2. The van der Waals surface area contributed by atoms with Gasteiger partial charge >= 0.3 is 0 Å². The lowest BCUT2D eigenvalue weighted by atomic mass is 10.2. The Bertz CT molecular complexity index is 347. The molecule has 0 radical (unpaired) electrons. The Kier molecular flexibility index (Phi) is 6.64. The van der Waals surface area contributed by atoms with Crippen molar-refractivity contribution in [1.82, 2.24) is 9.88 Å². The molecule has 0 fully saturated rings. The molecule has 0 saturated carbocycles. The van der Waals surface area contributed by atoms with E-state index in [1.807, 2.05) is 26.1 Å². The van der Waals surface area contributed by atoms with Crippen LogP contribution < -0.4 is 5.32 Å². The van der Waals surface area contributed by atoms with Crippen molar-refractivity contribution in [2.45, 2.75) is 19.6 Å². The third-order valence-corrected chi connectivity index (χ3v) is 2.56. The van der Waals surface area contributed by atoms with Gasteiger partial charge in [-0.25, -0.2) is 4.98 Å². The summed E-state index contributed by atoms with van der Waals surface area (Å²) in [6, 6.07) is 3.97. The van der Waals surface area contributed by atoms with Gasteiger partial charge in [0.1, 0.15) is 5.82 Å². The lowest BCUT2D eigenvalue weighted by molar-refractivity contribution is 0.0419. The minimum atomic E-state index is -0.459. The normalized spacial score (nSPS) is 12.7. The number of methoxy groups -OCH3 is 1. The van der Waals surface area contributed by atoms with Crippen LogP contribution in [0.1, 0.15) is 12.5 Å². The molecule has 0 amide bonds. The lowest BCUT2D eigenvalue weighted by Crippen LogP contribution is -2.31. The molecule has 1 aromatic rings. The Balaban J connectivity index is 2.55. The van der Waals surface area contributed by atoms with Crippen molar-refractivity contribution in [2.75, 3.05) is 39.2 Å². The number of pyridine rings is 1. The minimum absolute atomic E-state index is 0.359. The van der Waals surface area contributed by atoms with Crippen LogP contribution in [-0.4, -0.2) is 54.9 Å². The molecule has 5 nitrogen and oxygen atoms in total. The highest BCUT2D eigenvalue weighted by Crippen LogP contribution is 2.13. The van der Waals surface area contributed by atoms with Crippen molar-refractivity contribution in [3.8, 4) is 0 Å². The van der Waals surface area contributed by atoms with Crippen LogP contribution >= 0.6 is 0 Å². The van der Waals surface area contributed by atoms with Crippen LogP contribution in [0.3, 0.4) is 0 Å². The van der Waals surface area contributed by atoms with E-state index in [1.165, 1.54) is 0 Å². The van der Waals surface area contributed by atoms with Crippen molar-refractivity contribution >= 4 is 5.82 Å². The molecular weight excluding hydrogens is 230 g/mol. The average Bonchev–Trinajstić information content (AvgIpc) is 2.32. The van der Waals surface area contributed by atoms with E-state index >= 15 is 0 Å². The van der Waals surface area contributed by atoms with E-state index in [2.05, 4.69) is 15.2 Å². The molecule has 2 N–H and O–H groups in total. The Morgan fingerprint density at radius 1 is 1.56 bits per heavy atom. The van der Waals surface area contributed by atoms with Crippen LogP contribution in [0, 0.1) is 0 Å². The van der Waals surface area contributed by atoms with E-state index in [0.717, 1.165) is 24.5 Å². The highest BCUT2D eigenvalue weighted by molar-refractivity contribution is 5.43. The van der Waals surface area contributed by atoms with E-state index < -0.39 is 6.10 Å². The molecule has 5 heteroatoms. The van der Waals surface area contributed by atoms with Crippen molar-refractivity contribution in [3.63, 3.8) is 0 Å². The first-order valence-corrected chi connectivity index (χ1v) is 6.20. The fourth-order valence-corrected chi connectivity index (χ4v) is 1.85. The van der Waals surface area contributed by atoms with Gasteiger partial charge in [-0.15, -0.1) is 0 Å². The molecule has 1 rings (SSSR count). The summed E-state index contributed by atoms with van der Waals surface area (Å²) >= 11 is 0. The molecule has 0 aliphatic rings. The number of hydrogen-bond acceptors (Lipinski definition) is 5. The summed E-state index contributed by atoms with van der Waals surface area (Å²) < 4.78 is 4.92. The summed E-state index contributed by atoms with van der Waals surface area (Å²) in [5.74, 6) is 0.910. The number of hydrogen-bond donors (Lipinski definition) is 2. The molecule has 0 aromatic carbocycles. The van der Waals surface area contributed by atoms with E-state index in [1.54, 1.807) is 13.3 Å². The van der Waals surface area contributed by atoms with Crippen LogP contribution in [-0.2, 0) is 11.3 Å². The molecule has 0 saturated heterocycles. The van der Waals surface area contributed by atoms with Crippen molar-refractivity contribution < 1.29 is 9.84 Å². The smallest absolute Gasteiger partial charge is 0.130 e. The van der Waals surface area contributed by atoms with Crippen LogP contribution in [0.25, 0.3) is 0 Å². The maximum atomic E-state index is 9.67. The minimum Gasteiger partial charge on any atom is -0.389 e. The molecule has 1 atom stereocenters. The Labute approximate surface area is 109 Å². The first kappa shape index (κ1) is 14.9. The molecule has 1 unspecified atom stereocenters. The monoisotopic (exact) mass is 253 g/mol. The first-order chi connectivity index (χ1) is 8.67. The Hall–Kier alpha value is -1.17. The molecule has 1 aromatic heterocycles. The highest BCUT2D eigenvalue weighted by atomic mass is 16.5. The van der Waals surface area contributed by atoms with E-state index in [9.17, 15) is 5.11 Å². The number of aliphatic hydroxyl groups excluding tert-OH is 1. The van der Waals surface area contributed by atoms with Crippen LogP contribution in [0.15, 0.2) is 18.3 Å². The summed E-state index contributed by atoms with van der Waals surface area (Å²) in [6.07, 6.45) is 1.32. The number of nitrogens with one attached hydrogen (secondary N) is 1. The summed E-state index contributed by atoms with van der Waals surface area (Å²) in [4.78, 5) is 6.37. The topological polar surface area (TPSA) is 57.6 Å². The predicted octanol–water partition coefficient (Wildman–Crippen LogP) is 0.952. The van der Waals surface area contributed by atoms with Gasteiger partial charge in [0.2, 0.25) is 0 Å². The molecule has 0 spiro atoms. The second-order valence-electron chi connectivity index (χ2n) is 4.35. The summed E-state index contributed by atoms with van der Waals surface area (Å²) in [7, 11) is 3.56. The number of likely N-dealkylation sites (N-methyl/N-ethyl adjacent to an activating group) is 1. The largest absolute Gasteiger partial charge is 0.389 e. The van der Waals surface area contributed by atoms with Gasteiger partial charge in [-0.1, -0.05) is 6.07 Å². The number of rotatable bonds is 8. The molecule has 0 aliphatic carbocycles. The van der Waals surface area contributed by atoms with Gasteiger partial charge in [0.25, 0.3) is 0 Å². The SMILES string of the molecule is CCNc1ncccc1CN(C)CC(O)COC. The lowest BCUT2D eigenvalue weighted by Gasteiger charge is -2.21. The van der Waals surface area contributed by atoms with Gasteiger partial charge in [0.15, 0.2) is 0 Å². The van der Waals surface area contributed by atoms with Gasteiger partial charge in [-0.05, 0) is 20.0 Å². The number of aliphatic hydroxyl groups is 1. The van der Waals surface area contributed by atoms with Gasteiger partial charge in [0.05, 0.1) is 12.7 Å². The zero-order valence-electron chi connectivity index (χ0n) is 11.4. The first-order valence-electron chi connectivity index (χ1n) is 6.20. The number of anilines is 1. The highest BCUT2D eigenvalue weighted by Gasteiger charge is 2.10. The van der Waals surface area contributed by atoms with Crippen molar-refractivity contribution in [2.24, 2.45) is 0 Å². The molecule has 18 heavy (non-hydrogen) atoms. The third kappa shape index (κ3) is 5.00. The molecule has 102 valence electrons. The predicted molar refractivity (Wildman–Crippen MR) is 72.6 cm³/mol. The molecule has 0 aliphatic heterocycles. The van der Waals surface area contributed by atoms with Gasteiger partial charge in [-0.2, -0.15) is 0 Å². The third-order valence-electron chi connectivity index (χ3n) is 2.56. The second-order valence-corrected chi connectivity index (χ2v) is 4.35. The molecule has 0 bridgehead atoms. The standard InChI is InChI=1S/C13H23N3O2/c1-4-14-13-11(6-5-7-15-13)8-16(2)9-12(17)10-18-3/h5-7,12,17H,4,8-10H2,1-3H3,(H,14,15). The fourth-order valence-electron chi connectivity index (χ4n) is 1.85. The number of nitrogens with zero attached hydrogens (tertiary/aromatic N) is 2. The quantitative estimate of drug-likeness (QED) is 0.722. The second kappa shape index (κ2) is 8.02. The average molecular weight is 253 g/mol. The zero-order valence-corrected chi connectivity index (χ0v) is 11.4. The Morgan fingerprint density at radius 2 is 2.33 bits per heavy atom. The van der Waals surface area contributed by atoms with Crippen molar-refractivity contribution in [1.29, 1.82) is 0 Å². The molecule has 1 heterocycles. The Morgan fingerprint density at radius 3 is 3.00 bits per heavy atom. The summed E-state index contributed by atoms with van der Waals surface area (Å²) in [5, 5.41) is 12.9. The maximum Gasteiger partial charge on any atom is 0.130 e. The van der Waals surface area contributed by atoms with Gasteiger partial charge in [0, 0.05) is 38.5 Å². The van der Waals surface area contributed by atoms with E-state index in [0.29, 0.717) is 13.2 Å².